The molecule has 8 nitrogen and oxygen atoms in total. The molecule has 1 unspecified atom stereocenters. The van der Waals surface area contributed by atoms with E-state index in [-0.39, 0.29) is 5.84 Å². The van der Waals surface area contributed by atoms with Gasteiger partial charge in [-0.05, 0) is 44.0 Å². The predicted molar refractivity (Wildman–Crippen MR) is 93.0 cm³/mol. The molecule has 0 aliphatic carbocycles. The normalized spacial score (nSPS) is 23.2. The number of urea groups is 1. The Bertz CT molecular complexity index is 774. The molecular formula is C16H22N6O2. The fourth-order valence-corrected chi connectivity index (χ4v) is 3.40. The Balaban J connectivity index is 2.36. The first-order valence-electron chi connectivity index (χ1n) is 7.81. The van der Waals surface area contributed by atoms with Gasteiger partial charge >= 0.3 is 6.03 Å². The lowest BCUT2D eigenvalue weighted by Gasteiger charge is -2.52. The third-order valence-electron chi connectivity index (χ3n) is 4.92. The number of aliphatic imine (C=N–C) groups is 1. The van der Waals surface area contributed by atoms with E-state index in [1.165, 1.54) is 7.05 Å². The van der Waals surface area contributed by atoms with Crippen molar-refractivity contribution in [1.82, 2.24) is 10.3 Å². The number of carbonyl (C=O) groups is 2. The number of nitrogens with one attached hydrogen (secondary N) is 1. The molecule has 2 aliphatic heterocycles. The van der Waals surface area contributed by atoms with Crippen LogP contribution in [0.4, 0.5) is 16.2 Å². The minimum atomic E-state index is -1.40. The Hall–Kier alpha value is -2.45. The van der Waals surface area contributed by atoms with Crippen molar-refractivity contribution in [2.24, 2.45) is 10.8 Å². The Morgan fingerprint density at radius 1 is 1.12 bits per heavy atom. The lowest BCUT2D eigenvalue weighted by molar-refractivity contribution is -0.132. The molecule has 0 spiro atoms. The average molecular weight is 330 g/mol. The molecule has 0 saturated heterocycles. The van der Waals surface area contributed by atoms with Gasteiger partial charge in [-0.1, -0.05) is 0 Å². The number of benzene rings is 1. The van der Waals surface area contributed by atoms with Crippen LogP contribution in [0.25, 0.3) is 0 Å². The Labute approximate surface area is 140 Å². The summed E-state index contributed by atoms with van der Waals surface area (Å²) >= 11 is 0. The van der Waals surface area contributed by atoms with Crippen LogP contribution >= 0.6 is 0 Å². The van der Waals surface area contributed by atoms with E-state index in [4.69, 9.17) is 5.84 Å². The largest absolute Gasteiger partial charge is 0.351 e. The third kappa shape index (κ3) is 1.83. The fraction of sp³-hybridized carbons (Fsp3) is 0.438. The molecule has 0 saturated carbocycles. The number of hydrazine groups is 1. The summed E-state index contributed by atoms with van der Waals surface area (Å²) in [5.74, 6) is 5.68. The molecule has 0 radical (unpaired) electrons. The number of hydrogen-bond donors (Lipinski definition) is 2. The summed E-state index contributed by atoms with van der Waals surface area (Å²) < 4.78 is 0. The van der Waals surface area contributed by atoms with E-state index in [9.17, 15) is 9.59 Å². The quantitative estimate of drug-likeness (QED) is 0.613. The Kier molecular flexibility index (Phi) is 3.61. The van der Waals surface area contributed by atoms with E-state index < -0.39 is 17.6 Å². The van der Waals surface area contributed by atoms with Crippen LogP contribution in [0.15, 0.2) is 17.1 Å². The molecular weight excluding hydrogens is 308 g/mol. The van der Waals surface area contributed by atoms with Crippen LogP contribution < -0.4 is 21.1 Å². The predicted octanol–water partition coefficient (Wildman–Crippen LogP) is 0.730. The fourth-order valence-electron chi connectivity index (χ4n) is 3.40. The van der Waals surface area contributed by atoms with Crippen LogP contribution in [0.2, 0.25) is 0 Å². The van der Waals surface area contributed by atoms with Gasteiger partial charge in [-0.2, -0.15) is 4.99 Å². The topological polar surface area (TPSA) is 94.3 Å². The second kappa shape index (κ2) is 5.29. The van der Waals surface area contributed by atoms with Gasteiger partial charge < -0.3 is 9.80 Å². The lowest BCUT2D eigenvalue weighted by atomic mass is 9.94. The van der Waals surface area contributed by atoms with Gasteiger partial charge in [-0.15, -0.1) is 0 Å². The summed E-state index contributed by atoms with van der Waals surface area (Å²) in [4.78, 5) is 33.9. The number of aryl methyl sites for hydroxylation is 2. The molecule has 3 rings (SSSR count). The number of nitrogens with two attached hydrogens (primary N) is 1. The van der Waals surface area contributed by atoms with E-state index in [0.717, 1.165) is 27.4 Å². The van der Waals surface area contributed by atoms with Gasteiger partial charge in [0.2, 0.25) is 5.66 Å². The number of hydrogen-bond acceptors (Lipinski definition) is 6. The van der Waals surface area contributed by atoms with Gasteiger partial charge in [-0.25, -0.2) is 10.2 Å². The highest BCUT2D eigenvalue weighted by Crippen LogP contribution is 2.42. The number of rotatable bonds is 2. The first kappa shape index (κ1) is 16.4. The van der Waals surface area contributed by atoms with Crippen LogP contribution in [-0.2, 0) is 4.79 Å². The van der Waals surface area contributed by atoms with E-state index in [2.05, 4.69) is 10.4 Å². The van der Waals surface area contributed by atoms with Gasteiger partial charge in [0.1, 0.15) is 0 Å². The first-order valence-corrected chi connectivity index (χ1v) is 7.81. The van der Waals surface area contributed by atoms with Crippen LogP contribution in [0.3, 0.4) is 0 Å². The van der Waals surface area contributed by atoms with E-state index in [1.54, 1.807) is 11.9 Å². The SMILES string of the molecule is CCN1c2cc(C)c(C)cc2N(C)C2=NC(=O)N(C)C(=O)C21NN. The Morgan fingerprint density at radius 3 is 2.25 bits per heavy atom. The highest BCUT2D eigenvalue weighted by Gasteiger charge is 2.58. The zero-order chi connectivity index (χ0) is 17.8. The van der Waals surface area contributed by atoms with Crippen molar-refractivity contribution in [3.8, 4) is 0 Å². The second-order valence-corrected chi connectivity index (χ2v) is 6.17. The highest BCUT2D eigenvalue weighted by molar-refractivity contribution is 6.29. The average Bonchev–Trinajstić information content (AvgIpc) is 2.56. The summed E-state index contributed by atoms with van der Waals surface area (Å²) in [7, 11) is 3.20. The van der Waals surface area contributed by atoms with E-state index in [0.29, 0.717) is 6.54 Å². The zero-order valence-corrected chi connectivity index (χ0v) is 14.5. The minimum Gasteiger partial charge on any atom is -0.337 e. The molecule has 3 N–H and O–H groups in total. The maximum absolute atomic E-state index is 13.0. The van der Waals surface area contributed by atoms with Crippen molar-refractivity contribution in [1.29, 1.82) is 0 Å². The molecule has 0 fully saturated rings. The van der Waals surface area contributed by atoms with Gasteiger partial charge in [-0.3, -0.25) is 15.5 Å². The minimum absolute atomic E-state index is 0.288. The summed E-state index contributed by atoms with van der Waals surface area (Å²) in [6, 6.07) is 3.46. The van der Waals surface area contributed by atoms with Gasteiger partial charge in [0.25, 0.3) is 5.91 Å². The standard InChI is InChI=1S/C16H22N6O2/c1-6-22-12-8-10(3)9(2)7-11(12)20(4)13-16(22,19-17)14(23)21(5)15(24)18-13/h7-8,19H,6,17H2,1-5H3. The number of likely N-dealkylation sites (N-methyl/N-ethyl adjacent to an activating group) is 3. The Morgan fingerprint density at radius 2 is 1.71 bits per heavy atom. The summed E-state index contributed by atoms with van der Waals surface area (Å²) in [6.45, 7) is 6.49. The number of fused-ring (bicyclic) bond motifs is 2. The molecule has 0 aromatic heterocycles. The van der Waals surface area contributed by atoms with Gasteiger partial charge in [0.05, 0.1) is 11.4 Å². The summed E-state index contributed by atoms with van der Waals surface area (Å²) in [5.41, 5.74) is 5.22. The number of nitrogens with zero attached hydrogens (tertiary/aromatic N) is 4. The van der Waals surface area contributed by atoms with Crippen LogP contribution in [0, 0.1) is 13.8 Å². The van der Waals surface area contributed by atoms with Crippen molar-refractivity contribution in [2.45, 2.75) is 26.4 Å². The van der Waals surface area contributed by atoms with Crippen molar-refractivity contribution in [2.75, 3.05) is 30.4 Å². The van der Waals surface area contributed by atoms with Crippen LogP contribution in [-0.4, -0.2) is 49.0 Å². The smallest absolute Gasteiger partial charge is 0.337 e. The van der Waals surface area contributed by atoms with Gasteiger partial charge in [0.15, 0.2) is 5.84 Å². The molecule has 8 heteroatoms. The van der Waals surface area contributed by atoms with Crippen molar-refractivity contribution in [3.05, 3.63) is 23.3 Å². The number of carbonyl (C=O) groups excluding carboxylic acids is 2. The molecule has 2 aliphatic rings. The maximum atomic E-state index is 13.0. The zero-order valence-electron chi connectivity index (χ0n) is 14.5. The number of amidine groups is 1. The molecule has 24 heavy (non-hydrogen) atoms. The molecule has 2 heterocycles. The monoisotopic (exact) mass is 330 g/mol. The molecule has 1 aromatic carbocycles. The molecule has 1 aromatic rings. The molecule has 3 amide bonds. The second-order valence-electron chi connectivity index (χ2n) is 6.17. The highest BCUT2D eigenvalue weighted by atomic mass is 16.2. The van der Waals surface area contributed by atoms with Gasteiger partial charge in [0, 0.05) is 20.6 Å². The maximum Gasteiger partial charge on any atom is 0.351 e. The summed E-state index contributed by atoms with van der Waals surface area (Å²) in [6.07, 6.45) is 0. The first-order chi connectivity index (χ1) is 11.3. The number of amides is 3. The number of imide groups is 1. The lowest BCUT2D eigenvalue weighted by Crippen LogP contribution is -2.79. The van der Waals surface area contributed by atoms with Crippen LogP contribution in [0.1, 0.15) is 18.1 Å². The summed E-state index contributed by atoms with van der Waals surface area (Å²) in [5, 5.41) is 0. The van der Waals surface area contributed by atoms with E-state index in [1.807, 2.05) is 37.8 Å². The van der Waals surface area contributed by atoms with Crippen molar-refractivity contribution in [3.63, 3.8) is 0 Å². The molecule has 0 bridgehead atoms. The van der Waals surface area contributed by atoms with Crippen molar-refractivity contribution >= 4 is 29.1 Å². The third-order valence-corrected chi connectivity index (χ3v) is 4.92. The van der Waals surface area contributed by atoms with Crippen LogP contribution in [0.5, 0.6) is 0 Å². The van der Waals surface area contributed by atoms with Crippen molar-refractivity contribution < 1.29 is 9.59 Å². The number of anilines is 2. The molecule has 128 valence electrons. The van der Waals surface area contributed by atoms with E-state index >= 15 is 0 Å². The molecule has 1 atom stereocenters.